The summed E-state index contributed by atoms with van der Waals surface area (Å²) in [5.74, 6) is 0.955. The van der Waals surface area contributed by atoms with Gasteiger partial charge in [-0.05, 0) is 47.7 Å². The molecule has 4 aromatic rings. The van der Waals surface area contributed by atoms with Gasteiger partial charge in [-0.1, -0.05) is 12.1 Å². The van der Waals surface area contributed by atoms with Gasteiger partial charge in [0.15, 0.2) is 0 Å². The van der Waals surface area contributed by atoms with Crippen LogP contribution in [0.3, 0.4) is 0 Å². The molecule has 2 aromatic carbocycles. The van der Waals surface area contributed by atoms with E-state index in [0.29, 0.717) is 23.2 Å². The van der Waals surface area contributed by atoms with Crippen molar-refractivity contribution in [1.29, 1.82) is 0 Å². The maximum Gasteiger partial charge on any atom is 0.229 e. The lowest BCUT2D eigenvalue weighted by molar-refractivity contribution is 0.607. The highest BCUT2D eigenvalue weighted by molar-refractivity contribution is 7.92. The molecule has 0 radical (unpaired) electrons. The molecule has 4 rings (SSSR count). The number of hydrogen-bond donors (Lipinski definition) is 3. The first-order valence-corrected chi connectivity index (χ1v) is 10.4. The fourth-order valence-electron chi connectivity index (χ4n) is 2.62. The van der Waals surface area contributed by atoms with E-state index in [1.165, 1.54) is 0 Å². The zero-order valence-electron chi connectivity index (χ0n) is 15.2. The summed E-state index contributed by atoms with van der Waals surface area (Å²) < 4.78 is 25.1. The molecule has 2 heterocycles. The van der Waals surface area contributed by atoms with E-state index in [1.807, 2.05) is 24.3 Å². The second-order valence-corrected chi connectivity index (χ2v) is 7.90. The van der Waals surface area contributed by atoms with E-state index in [4.69, 9.17) is 0 Å². The van der Waals surface area contributed by atoms with Crippen molar-refractivity contribution in [3.63, 3.8) is 0 Å². The van der Waals surface area contributed by atoms with Crippen LogP contribution in [0.15, 0.2) is 60.8 Å². The molecular formula is C18H16N8O2S. The monoisotopic (exact) mass is 408 g/mol. The molecule has 0 fully saturated rings. The van der Waals surface area contributed by atoms with Crippen LogP contribution >= 0.6 is 0 Å². The SMILES string of the molecule is CS(=O)(=O)Nc1ccc(-c2ccnc(Nc3ccc(-c4nn[nH]n4)cc3)n2)cc1. The Morgan fingerprint density at radius 2 is 1.59 bits per heavy atom. The van der Waals surface area contributed by atoms with Crippen LogP contribution in [-0.4, -0.2) is 45.3 Å². The topological polar surface area (TPSA) is 138 Å². The number of nitrogens with one attached hydrogen (secondary N) is 3. The predicted octanol–water partition coefficient (Wildman–Crippen LogP) is 2.44. The Morgan fingerprint density at radius 3 is 2.24 bits per heavy atom. The Kier molecular flexibility index (Phi) is 4.87. The lowest BCUT2D eigenvalue weighted by atomic mass is 10.1. The third kappa shape index (κ3) is 4.71. The van der Waals surface area contributed by atoms with E-state index >= 15 is 0 Å². The summed E-state index contributed by atoms with van der Waals surface area (Å²) in [5.41, 5.74) is 3.67. The Hall–Kier alpha value is -3.86. The molecule has 0 saturated heterocycles. The number of aromatic nitrogens is 6. The van der Waals surface area contributed by atoms with Crippen molar-refractivity contribution in [2.75, 3.05) is 16.3 Å². The second kappa shape index (κ2) is 7.64. The Bertz CT molecular complexity index is 1210. The normalized spacial score (nSPS) is 11.2. The average molecular weight is 408 g/mol. The lowest BCUT2D eigenvalue weighted by Crippen LogP contribution is -2.09. The molecule has 0 spiro atoms. The summed E-state index contributed by atoms with van der Waals surface area (Å²) in [6, 6.07) is 16.2. The molecule has 0 aliphatic rings. The zero-order chi connectivity index (χ0) is 20.3. The molecule has 0 atom stereocenters. The first-order chi connectivity index (χ1) is 14.0. The summed E-state index contributed by atoms with van der Waals surface area (Å²) in [6.45, 7) is 0. The van der Waals surface area contributed by atoms with Gasteiger partial charge in [-0.3, -0.25) is 4.72 Å². The lowest BCUT2D eigenvalue weighted by Gasteiger charge is -2.08. The van der Waals surface area contributed by atoms with Gasteiger partial charge in [0.05, 0.1) is 11.9 Å². The summed E-state index contributed by atoms with van der Waals surface area (Å²) in [7, 11) is -3.31. The fraction of sp³-hybridized carbons (Fsp3) is 0.0556. The van der Waals surface area contributed by atoms with Crippen molar-refractivity contribution < 1.29 is 8.42 Å². The third-order valence-electron chi connectivity index (χ3n) is 3.88. The highest BCUT2D eigenvalue weighted by Crippen LogP contribution is 2.23. The Morgan fingerprint density at radius 1 is 0.897 bits per heavy atom. The van der Waals surface area contributed by atoms with Crippen molar-refractivity contribution in [1.82, 2.24) is 30.6 Å². The van der Waals surface area contributed by atoms with E-state index < -0.39 is 10.0 Å². The molecule has 0 bridgehead atoms. The first-order valence-electron chi connectivity index (χ1n) is 8.48. The molecule has 29 heavy (non-hydrogen) atoms. The van der Waals surface area contributed by atoms with Crippen LogP contribution in [0.4, 0.5) is 17.3 Å². The minimum atomic E-state index is -3.31. The molecule has 146 valence electrons. The number of nitrogens with zero attached hydrogens (tertiary/aromatic N) is 5. The van der Waals surface area contributed by atoms with Crippen molar-refractivity contribution in [3.8, 4) is 22.6 Å². The molecule has 0 amide bonds. The molecule has 3 N–H and O–H groups in total. The van der Waals surface area contributed by atoms with E-state index in [1.54, 1.807) is 36.5 Å². The summed E-state index contributed by atoms with van der Waals surface area (Å²) in [6.07, 6.45) is 2.76. The predicted molar refractivity (Wildman–Crippen MR) is 109 cm³/mol. The Labute approximate surface area is 166 Å². The van der Waals surface area contributed by atoms with Gasteiger partial charge in [0.1, 0.15) is 0 Å². The largest absolute Gasteiger partial charge is 0.324 e. The highest BCUT2D eigenvalue weighted by Gasteiger charge is 2.06. The van der Waals surface area contributed by atoms with Crippen LogP contribution in [0.25, 0.3) is 22.6 Å². The minimum Gasteiger partial charge on any atom is -0.324 e. The number of H-pyrrole nitrogens is 1. The van der Waals surface area contributed by atoms with Crippen LogP contribution in [0, 0.1) is 0 Å². The third-order valence-corrected chi connectivity index (χ3v) is 4.49. The molecular weight excluding hydrogens is 392 g/mol. The van der Waals surface area contributed by atoms with E-state index in [2.05, 4.69) is 40.6 Å². The fourth-order valence-corrected chi connectivity index (χ4v) is 3.18. The van der Waals surface area contributed by atoms with Gasteiger partial charge < -0.3 is 5.32 Å². The highest BCUT2D eigenvalue weighted by atomic mass is 32.2. The molecule has 0 aliphatic heterocycles. The first kappa shape index (κ1) is 18.5. The van der Waals surface area contributed by atoms with E-state index in [9.17, 15) is 8.42 Å². The Balaban J connectivity index is 1.50. The number of sulfonamides is 1. The second-order valence-electron chi connectivity index (χ2n) is 6.15. The van der Waals surface area contributed by atoms with Crippen molar-refractivity contribution in [3.05, 3.63) is 60.8 Å². The quantitative estimate of drug-likeness (QED) is 0.442. The summed E-state index contributed by atoms with van der Waals surface area (Å²) in [5, 5.41) is 17.0. The number of aromatic amines is 1. The number of benzene rings is 2. The number of tetrazole rings is 1. The average Bonchev–Trinajstić information content (AvgIpc) is 3.23. The molecule has 0 saturated carbocycles. The van der Waals surface area contributed by atoms with Gasteiger partial charge in [0.2, 0.25) is 21.8 Å². The minimum absolute atomic E-state index is 0.438. The van der Waals surface area contributed by atoms with Crippen molar-refractivity contribution in [2.24, 2.45) is 0 Å². The number of hydrogen-bond acceptors (Lipinski definition) is 8. The maximum absolute atomic E-state index is 11.3. The maximum atomic E-state index is 11.3. The van der Waals surface area contributed by atoms with Crippen LogP contribution in [0.5, 0.6) is 0 Å². The van der Waals surface area contributed by atoms with Gasteiger partial charge in [0.25, 0.3) is 0 Å². The summed E-state index contributed by atoms with van der Waals surface area (Å²) >= 11 is 0. The molecule has 0 aliphatic carbocycles. The molecule has 0 unspecified atom stereocenters. The van der Waals surface area contributed by atoms with Gasteiger partial charge in [-0.25, -0.2) is 18.4 Å². The molecule has 10 nitrogen and oxygen atoms in total. The van der Waals surface area contributed by atoms with Crippen molar-refractivity contribution in [2.45, 2.75) is 0 Å². The van der Waals surface area contributed by atoms with E-state index in [-0.39, 0.29) is 0 Å². The number of anilines is 3. The van der Waals surface area contributed by atoms with Gasteiger partial charge in [-0.15, -0.1) is 10.2 Å². The van der Waals surface area contributed by atoms with Crippen LogP contribution in [0.1, 0.15) is 0 Å². The van der Waals surface area contributed by atoms with E-state index in [0.717, 1.165) is 23.1 Å². The van der Waals surface area contributed by atoms with Gasteiger partial charge >= 0.3 is 0 Å². The standard InChI is InChI=1S/C18H16N8O2S/c1-29(27,28)24-15-8-2-12(3-9-15)16-10-11-19-18(21-16)20-14-6-4-13(5-7-14)17-22-25-26-23-17/h2-11,24H,1H3,(H,19,20,21)(H,22,23,25,26). The van der Waals surface area contributed by atoms with Crippen LogP contribution in [-0.2, 0) is 10.0 Å². The zero-order valence-corrected chi connectivity index (χ0v) is 16.1. The molecule has 2 aromatic heterocycles. The number of rotatable bonds is 6. The van der Waals surface area contributed by atoms with Gasteiger partial charge in [0, 0.05) is 28.7 Å². The van der Waals surface area contributed by atoms with Crippen LogP contribution < -0.4 is 10.0 Å². The van der Waals surface area contributed by atoms with Gasteiger partial charge in [-0.2, -0.15) is 5.21 Å². The summed E-state index contributed by atoms with van der Waals surface area (Å²) in [4.78, 5) is 8.76. The van der Waals surface area contributed by atoms with Crippen molar-refractivity contribution >= 4 is 27.3 Å². The molecule has 11 heteroatoms. The van der Waals surface area contributed by atoms with Crippen LogP contribution in [0.2, 0.25) is 0 Å². The smallest absolute Gasteiger partial charge is 0.229 e.